The molecule has 0 saturated carbocycles. The Labute approximate surface area is 140 Å². The Morgan fingerprint density at radius 2 is 1.67 bits per heavy atom. The molecular weight excluding hydrogens is 345 g/mol. The molecule has 4 nitrogen and oxygen atoms in total. The van der Waals surface area contributed by atoms with Crippen LogP contribution in [0.3, 0.4) is 0 Å². The predicted molar refractivity (Wildman–Crippen MR) is 83.1 cm³/mol. The van der Waals surface area contributed by atoms with Crippen molar-refractivity contribution in [3.05, 3.63) is 64.4 Å². The lowest BCUT2D eigenvalue weighted by Crippen LogP contribution is -2.34. The topological polar surface area (TPSA) is 58.2 Å². The molecule has 2 rings (SSSR count). The maximum atomic E-state index is 13.4. The van der Waals surface area contributed by atoms with Crippen LogP contribution in [0.4, 0.5) is 18.9 Å². The molecule has 0 aliphatic rings. The molecule has 0 aliphatic carbocycles. The predicted octanol–water partition coefficient (Wildman–Crippen LogP) is 3.05. The molecule has 0 saturated heterocycles. The minimum Gasteiger partial charge on any atom is -0.347 e. The van der Waals surface area contributed by atoms with E-state index in [9.17, 15) is 22.8 Å². The standard InChI is InChI=1S/C16H12ClF3N2O2/c17-10-4-2-1-3-9(10)7-13(23)21-8-14(24)22-12-6-5-11(18)15(19)16(12)20/h1-6H,7-8H2,(H,21,23)(H,22,24). The van der Waals surface area contributed by atoms with E-state index in [1.54, 1.807) is 24.3 Å². The van der Waals surface area contributed by atoms with Crippen LogP contribution in [0.2, 0.25) is 5.02 Å². The number of rotatable bonds is 5. The third kappa shape index (κ3) is 4.48. The fraction of sp³-hybridized carbons (Fsp3) is 0.125. The Kier molecular flexibility index (Phi) is 5.81. The van der Waals surface area contributed by atoms with Gasteiger partial charge < -0.3 is 10.6 Å². The van der Waals surface area contributed by atoms with Gasteiger partial charge >= 0.3 is 0 Å². The minimum absolute atomic E-state index is 0.0352. The molecule has 2 N–H and O–H groups in total. The van der Waals surface area contributed by atoms with Gasteiger partial charge in [-0.1, -0.05) is 29.8 Å². The fourth-order valence-electron chi connectivity index (χ4n) is 1.87. The van der Waals surface area contributed by atoms with Crippen LogP contribution in [-0.2, 0) is 16.0 Å². The molecule has 0 radical (unpaired) electrons. The third-order valence-electron chi connectivity index (χ3n) is 3.06. The van der Waals surface area contributed by atoms with E-state index < -0.39 is 41.5 Å². The normalized spacial score (nSPS) is 10.3. The van der Waals surface area contributed by atoms with E-state index in [2.05, 4.69) is 5.32 Å². The van der Waals surface area contributed by atoms with E-state index in [1.807, 2.05) is 5.32 Å². The van der Waals surface area contributed by atoms with E-state index in [4.69, 9.17) is 11.6 Å². The van der Waals surface area contributed by atoms with Gasteiger partial charge in [0.25, 0.3) is 0 Å². The van der Waals surface area contributed by atoms with Crippen molar-refractivity contribution in [2.45, 2.75) is 6.42 Å². The van der Waals surface area contributed by atoms with E-state index in [-0.39, 0.29) is 6.42 Å². The number of amides is 2. The molecule has 0 fully saturated rings. The van der Waals surface area contributed by atoms with Crippen LogP contribution >= 0.6 is 11.6 Å². The lowest BCUT2D eigenvalue weighted by molar-refractivity contribution is -0.123. The summed E-state index contributed by atoms with van der Waals surface area (Å²) in [6, 6.07) is 8.29. The Balaban J connectivity index is 1.88. The van der Waals surface area contributed by atoms with Gasteiger partial charge in [0.2, 0.25) is 11.8 Å². The van der Waals surface area contributed by atoms with Crippen molar-refractivity contribution in [1.82, 2.24) is 5.32 Å². The summed E-state index contributed by atoms with van der Waals surface area (Å²) in [5.41, 5.74) is 0.0722. The number of anilines is 1. The van der Waals surface area contributed by atoms with Crippen LogP contribution in [-0.4, -0.2) is 18.4 Å². The molecular formula is C16H12ClF3N2O2. The summed E-state index contributed by atoms with van der Waals surface area (Å²) in [5.74, 6) is -5.81. The summed E-state index contributed by atoms with van der Waals surface area (Å²) >= 11 is 5.92. The number of halogens is 4. The molecule has 0 bridgehead atoms. The van der Waals surface area contributed by atoms with Crippen LogP contribution in [0, 0.1) is 17.5 Å². The Bertz CT molecular complexity index is 784. The van der Waals surface area contributed by atoms with E-state index in [1.165, 1.54) is 0 Å². The van der Waals surface area contributed by atoms with Crippen molar-refractivity contribution in [1.29, 1.82) is 0 Å². The highest BCUT2D eigenvalue weighted by Crippen LogP contribution is 2.19. The summed E-state index contributed by atoms with van der Waals surface area (Å²) in [6.07, 6.45) is -0.0352. The fourth-order valence-corrected chi connectivity index (χ4v) is 2.08. The first kappa shape index (κ1) is 17.8. The molecule has 8 heteroatoms. The number of nitrogens with one attached hydrogen (secondary N) is 2. The van der Waals surface area contributed by atoms with Crippen LogP contribution in [0.25, 0.3) is 0 Å². The smallest absolute Gasteiger partial charge is 0.243 e. The first-order valence-electron chi connectivity index (χ1n) is 6.82. The Hall–Kier alpha value is -2.54. The van der Waals surface area contributed by atoms with Crippen LogP contribution in [0.1, 0.15) is 5.56 Å². The van der Waals surface area contributed by atoms with Crippen molar-refractivity contribution < 1.29 is 22.8 Å². The quantitative estimate of drug-likeness (QED) is 0.809. The van der Waals surface area contributed by atoms with Crippen molar-refractivity contribution in [3.8, 4) is 0 Å². The zero-order chi connectivity index (χ0) is 17.7. The highest BCUT2D eigenvalue weighted by atomic mass is 35.5. The highest BCUT2D eigenvalue weighted by Gasteiger charge is 2.15. The zero-order valence-corrected chi connectivity index (χ0v) is 13.0. The summed E-state index contributed by atoms with van der Waals surface area (Å²) in [4.78, 5) is 23.4. The van der Waals surface area contributed by atoms with Crippen LogP contribution < -0.4 is 10.6 Å². The van der Waals surface area contributed by atoms with Gasteiger partial charge in [0.1, 0.15) is 0 Å². The van der Waals surface area contributed by atoms with Gasteiger partial charge in [-0.25, -0.2) is 13.2 Å². The number of benzene rings is 2. The maximum Gasteiger partial charge on any atom is 0.243 e. The van der Waals surface area contributed by atoms with Gasteiger partial charge in [-0.2, -0.15) is 0 Å². The Morgan fingerprint density at radius 1 is 0.958 bits per heavy atom. The van der Waals surface area contributed by atoms with Gasteiger partial charge in [-0.3, -0.25) is 9.59 Å². The second-order valence-corrected chi connectivity index (χ2v) is 5.22. The molecule has 0 atom stereocenters. The average Bonchev–Trinajstić information content (AvgIpc) is 2.56. The SMILES string of the molecule is O=C(Cc1ccccc1Cl)NCC(=O)Nc1ccc(F)c(F)c1F. The summed E-state index contributed by atoms with van der Waals surface area (Å²) in [5, 5.41) is 4.79. The number of hydrogen-bond donors (Lipinski definition) is 2. The second kappa shape index (κ2) is 7.83. The van der Waals surface area contributed by atoms with Gasteiger partial charge in [-0.05, 0) is 23.8 Å². The molecule has 2 aromatic carbocycles. The van der Waals surface area contributed by atoms with Gasteiger partial charge in [-0.15, -0.1) is 0 Å². The van der Waals surface area contributed by atoms with Gasteiger partial charge in [0.05, 0.1) is 18.7 Å². The third-order valence-corrected chi connectivity index (χ3v) is 3.43. The Morgan fingerprint density at radius 3 is 2.38 bits per heavy atom. The van der Waals surface area contributed by atoms with Crippen molar-refractivity contribution >= 4 is 29.1 Å². The molecule has 2 amide bonds. The second-order valence-electron chi connectivity index (χ2n) is 4.82. The summed E-state index contributed by atoms with van der Waals surface area (Å²) in [7, 11) is 0. The molecule has 126 valence electrons. The largest absolute Gasteiger partial charge is 0.347 e. The van der Waals surface area contributed by atoms with Gasteiger partial charge in [0.15, 0.2) is 17.5 Å². The lowest BCUT2D eigenvalue weighted by atomic mass is 10.1. The molecule has 0 aromatic heterocycles. The molecule has 0 unspecified atom stereocenters. The summed E-state index contributed by atoms with van der Waals surface area (Å²) < 4.78 is 39.3. The van der Waals surface area contributed by atoms with Crippen molar-refractivity contribution in [2.75, 3.05) is 11.9 Å². The molecule has 2 aromatic rings. The first-order valence-corrected chi connectivity index (χ1v) is 7.19. The van der Waals surface area contributed by atoms with E-state index >= 15 is 0 Å². The zero-order valence-electron chi connectivity index (χ0n) is 12.2. The monoisotopic (exact) mass is 356 g/mol. The molecule has 0 aliphatic heterocycles. The number of carbonyl (C=O) groups excluding carboxylic acids is 2. The number of hydrogen-bond acceptors (Lipinski definition) is 2. The maximum absolute atomic E-state index is 13.4. The van der Waals surface area contributed by atoms with E-state index in [0.717, 1.165) is 6.07 Å². The average molecular weight is 357 g/mol. The van der Waals surface area contributed by atoms with Crippen LogP contribution in [0.15, 0.2) is 36.4 Å². The minimum atomic E-state index is -1.68. The molecule has 0 heterocycles. The highest BCUT2D eigenvalue weighted by molar-refractivity contribution is 6.31. The van der Waals surface area contributed by atoms with Crippen molar-refractivity contribution in [2.24, 2.45) is 0 Å². The van der Waals surface area contributed by atoms with Crippen molar-refractivity contribution in [3.63, 3.8) is 0 Å². The van der Waals surface area contributed by atoms with E-state index in [0.29, 0.717) is 16.7 Å². The number of carbonyl (C=O) groups is 2. The van der Waals surface area contributed by atoms with Gasteiger partial charge in [0, 0.05) is 5.02 Å². The van der Waals surface area contributed by atoms with Crippen LogP contribution in [0.5, 0.6) is 0 Å². The lowest BCUT2D eigenvalue weighted by Gasteiger charge is -2.09. The molecule has 0 spiro atoms. The molecule has 24 heavy (non-hydrogen) atoms. The first-order chi connectivity index (χ1) is 11.4. The summed E-state index contributed by atoms with van der Waals surface area (Å²) in [6.45, 7) is -0.457.